The number of hydrogen-bond acceptors (Lipinski definition) is 3. The molecule has 2 aromatic heterocycles. The Morgan fingerprint density at radius 1 is 0.482 bits per heavy atom. The molecule has 56 heavy (non-hydrogen) atoms. The number of nitrogens with one attached hydrogen (secondary N) is 1. The van der Waals surface area contributed by atoms with Gasteiger partial charge in [0.25, 0.3) is 0 Å². The lowest BCUT2D eigenvalue weighted by Crippen LogP contribution is -2.05. The summed E-state index contributed by atoms with van der Waals surface area (Å²) in [7, 11) is 0. The summed E-state index contributed by atoms with van der Waals surface area (Å²) in [5.41, 5.74) is 11.1. The molecule has 0 aliphatic heterocycles. The molecule has 264 valence electrons. The zero-order valence-electron chi connectivity index (χ0n) is 30.2. The molecular weight excluding hydrogens is 703 g/mol. The molecule has 0 fully saturated rings. The van der Waals surface area contributed by atoms with Crippen LogP contribution in [0.4, 0.5) is 0 Å². The molecule has 0 aliphatic rings. The molecule has 0 amide bonds. The van der Waals surface area contributed by atoms with Crippen molar-refractivity contribution in [2.75, 3.05) is 0 Å². The number of furan rings is 1. The first-order chi connectivity index (χ1) is 27.6. The average Bonchev–Trinajstić information content (AvgIpc) is 3.84. The van der Waals surface area contributed by atoms with E-state index in [1.807, 2.05) is 54.7 Å². The van der Waals surface area contributed by atoms with Crippen molar-refractivity contribution in [3.05, 3.63) is 205 Å². The van der Waals surface area contributed by atoms with Crippen molar-refractivity contribution < 1.29 is 4.42 Å². The molecule has 0 radical (unpaired) electrons. The van der Waals surface area contributed by atoms with E-state index in [1.54, 1.807) is 11.3 Å². The molecular formula is C51H33N3OS. The third kappa shape index (κ3) is 6.30. The van der Waals surface area contributed by atoms with Crippen LogP contribution in [-0.2, 0) is 0 Å². The van der Waals surface area contributed by atoms with Gasteiger partial charge in [-0.25, -0.2) is 9.98 Å². The van der Waals surface area contributed by atoms with Crippen molar-refractivity contribution in [1.29, 1.82) is 5.41 Å². The van der Waals surface area contributed by atoms with Crippen LogP contribution in [0.15, 0.2) is 202 Å². The van der Waals surface area contributed by atoms with Crippen molar-refractivity contribution >= 4 is 71.3 Å². The second-order valence-corrected chi connectivity index (χ2v) is 14.8. The van der Waals surface area contributed by atoms with Gasteiger partial charge in [-0.3, -0.25) is 5.41 Å². The third-order valence-electron chi connectivity index (χ3n) is 10.3. The van der Waals surface area contributed by atoms with E-state index in [1.165, 1.54) is 32.3 Å². The number of nitrogens with zero attached hydrogens (tertiary/aromatic N) is 2. The van der Waals surface area contributed by atoms with Crippen LogP contribution in [0.1, 0.15) is 16.7 Å². The maximum atomic E-state index is 9.26. The Labute approximate surface area is 327 Å². The van der Waals surface area contributed by atoms with Crippen LogP contribution in [0.5, 0.6) is 0 Å². The molecule has 8 aromatic carbocycles. The van der Waals surface area contributed by atoms with Gasteiger partial charge in [0.2, 0.25) is 0 Å². The number of benzene rings is 8. The third-order valence-corrected chi connectivity index (χ3v) is 11.5. The molecule has 4 nitrogen and oxygen atoms in total. The fourth-order valence-electron chi connectivity index (χ4n) is 7.37. The van der Waals surface area contributed by atoms with Gasteiger partial charge < -0.3 is 4.42 Å². The molecule has 0 atom stereocenters. The van der Waals surface area contributed by atoms with Crippen molar-refractivity contribution in [1.82, 2.24) is 0 Å². The van der Waals surface area contributed by atoms with Crippen LogP contribution in [0.25, 0.3) is 75.5 Å². The maximum Gasteiger partial charge on any atom is 0.161 e. The van der Waals surface area contributed by atoms with Crippen LogP contribution >= 0.6 is 11.3 Å². The van der Waals surface area contributed by atoms with E-state index in [0.29, 0.717) is 5.84 Å². The maximum absolute atomic E-state index is 9.26. The number of amidine groups is 2. The quantitative estimate of drug-likeness (QED) is 0.134. The number of hydrogen-bond donors (Lipinski definition) is 1. The molecule has 10 aromatic rings. The second-order valence-electron chi connectivity index (χ2n) is 13.8. The average molecular weight is 736 g/mol. The smallest absolute Gasteiger partial charge is 0.161 e. The van der Waals surface area contributed by atoms with E-state index < -0.39 is 0 Å². The minimum atomic E-state index is 0.157. The van der Waals surface area contributed by atoms with Gasteiger partial charge in [0.05, 0.1) is 0 Å². The Morgan fingerprint density at radius 3 is 1.73 bits per heavy atom. The first kappa shape index (κ1) is 33.4. The van der Waals surface area contributed by atoms with Crippen molar-refractivity contribution in [2.24, 2.45) is 9.98 Å². The first-order valence-corrected chi connectivity index (χ1v) is 19.4. The summed E-state index contributed by atoms with van der Waals surface area (Å²) < 4.78 is 8.47. The fourth-order valence-corrected chi connectivity index (χ4v) is 8.59. The summed E-state index contributed by atoms with van der Waals surface area (Å²) in [4.78, 5) is 9.83. The van der Waals surface area contributed by atoms with Gasteiger partial charge >= 0.3 is 0 Å². The van der Waals surface area contributed by atoms with E-state index in [4.69, 9.17) is 14.4 Å². The lowest BCUT2D eigenvalue weighted by Gasteiger charge is -2.07. The zero-order valence-corrected chi connectivity index (χ0v) is 31.0. The predicted molar refractivity (Wildman–Crippen MR) is 237 cm³/mol. The highest BCUT2D eigenvalue weighted by molar-refractivity contribution is 7.26. The number of rotatable bonds is 6. The molecule has 5 heteroatoms. The Kier molecular flexibility index (Phi) is 8.47. The number of thiophene rings is 1. The highest BCUT2D eigenvalue weighted by Crippen LogP contribution is 2.36. The summed E-state index contributed by atoms with van der Waals surface area (Å²) in [5.74, 6) is 0.594. The summed E-state index contributed by atoms with van der Waals surface area (Å²) >= 11 is 1.69. The minimum absolute atomic E-state index is 0.157. The summed E-state index contributed by atoms with van der Waals surface area (Å²) in [6.45, 7) is 0. The van der Waals surface area contributed by atoms with Crippen LogP contribution in [0.2, 0.25) is 0 Å². The van der Waals surface area contributed by atoms with E-state index in [2.05, 4.69) is 140 Å². The lowest BCUT2D eigenvalue weighted by atomic mass is 9.98. The Balaban J connectivity index is 0.948. The van der Waals surface area contributed by atoms with Crippen molar-refractivity contribution in [3.63, 3.8) is 0 Å². The highest BCUT2D eigenvalue weighted by Gasteiger charge is 2.15. The fraction of sp³-hybridized carbons (Fsp3) is 0. The standard InChI is InChI=1S/C51H33N3OS/c52-50(45-14-8-13-44-43-12-5-7-16-48(43)56-49(44)45)54-51(40-29-30-42-41-11-4-6-15-46(41)55-47(42)31-40)53-32-33-17-19-35(20-18-33)37-25-27-39(28-26-37)38-23-21-36(22-24-38)34-9-2-1-3-10-34/h1-32,52H/b52-50?,53-32+,54-51-. The summed E-state index contributed by atoms with van der Waals surface area (Å²) in [6, 6.07) is 64.8. The van der Waals surface area contributed by atoms with E-state index in [-0.39, 0.29) is 5.84 Å². The topological polar surface area (TPSA) is 61.7 Å². The Hall–Kier alpha value is -7.21. The van der Waals surface area contributed by atoms with Crippen LogP contribution < -0.4 is 0 Å². The summed E-state index contributed by atoms with van der Waals surface area (Å²) in [6.07, 6.45) is 1.82. The zero-order chi connectivity index (χ0) is 37.4. The monoisotopic (exact) mass is 735 g/mol. The van der Waals surface area contributed by atoms with E-state index >= 15 is 0 Å². The molecule has 0 saturated carbocycles. The second kappa shape index (κ2) is 14.2. The van der Waals surface area contributed by atoms with Gasteiger partial charge in [-0.2, -0.15) is 0 Å². The normalized spacial score (nSPS) is 12.0. The van der Waals surface area contributed by atoms with Gasteiger partial charge in [-0.1, -0.05) is 158 Å². The SMILES string of the molecule is N=C(/N=C(\N=C\c1ccc(-c2ccc(-c3ccc(-c4ccccc4)cc3)cc2)cc1)c1ccc2c(c1)oc1ccccc12)c1cccc2c1sc1ccccc12. The number of aliphatic imine (C=N–C) groups is 2. The van der Waals surface area contributed by atoms with E-state index in [0.717, 1.165) is 59.8 Å². The molecule has 0 bridgehead atoms. The summed E-state index contributed by atoms with van der Waals surface area (Å²) in [5, 5.41) is 13.7. The number of fused-ring (bicyclic) bond motifs is 6. The first-order valence-electron chi connectivity index (χ1n) is 18.5. The lowest BCUT2D eigenvalue weighted by molar-refractivity contribution is 0.669. The number of para-hydroxylation sites is 1. The molecule has 0 saturated heterocycles. The van der Waals surface area contributed by atoms with Crippen LogP contribution in [0.3, 0.4) is 0 Å². The Morgan fingerprint density at radius 2 is 1.04 bits per heavy atom. The van der Waals surface area contributed by atoms with Gasteiger partial charge in [0, 0.05) is 48.3 Å². The molecule has 10 rings (SSSR count). The van der Waals surface area contributed by atoms with Gasteiger partial charge in [0.1, 0.15) is 11.2 Å². The molecule has 0 spiro atoms. The largest absolute Gasteiger partial charge is 0.456 e. The van der Waals surface area contributed by atoms with Crippen molar-refractivity contribution in [3.8, 4) is 33.4 Å². The highest BCUT2D eigenvalue weighted by atomic mass is 32.1. The van der Waals surface area contributed by atoms with Crippen LogP contribution in [-0.4, -0.2) is 17.9 Å². The molecule has 2 heterocycles. The van der Waals surface area contributed by atoms with E-state index in [9.17, 15) is 5.41 Å². The van der Waals surface area contributed by atoms with Crippen LogP contribution in [0, 0.1) is 5.41 Å². The van der Waals surface area contributed by atoms with Gasteiger partial charge in [0.15, 0.2) is 11.7 Å². The van der Waals surface area contributed by atoms with Gasteiger partial charge in [-0.15, -0.1) is 11.3 Å². The Bertz CT molecular complexity index is 3120. The van der Waals surface area contributed by atoms with Crippen molar-refractivity contribution in [2.45, 2.75) is 0 Å². The van der Waals surface area contributed by atoms with Gasteiger partial charge in [-0.05, 0) is 69.3 Å². The minimum Gasteiger partial charge on any atom is -0.456 e. The predicted octanol–water partition coefficient (Wildman–Crippen LogP) is 13.8. The molecule has 0 unspecified atom stereocenters. The molecule has 1 N–H and O–H groups in total. The molecule has 0 aliphatic carbocycles.